The molecule has 1 amide bonds. The van der Waals surface area contributed by atoms with Gasteiger partial charge in [-0.2, -0.15) is 0 Å². The van der Waals surface area contributed by atoms with Gasteiger partial charge in [0.05, 0.1) is 10.9 Å². The number of benzene rings is 1. The maximum Gasteiger partial charge on any atom is 0.261 e. The van der Waals surface area contributed by atoms with Crippen LogP contribution in [-0.2, 0) is 12.8 Å². The van der Waals surface area contributed by atoms with E-state index < -0.39 is 0 Å². The van der Waals surface area contributed by atoms with E-state index in [4.69, 9.17) is 0 Å². The number of amides is 1. The number of carbonyl (C=O) groups is 1. The van der Waals surface area contributed by atoms with Crippen LogP contribution in [0.25, 0.3) is 0 Å². The summed E-state index contributed by atoms with van der Waals surface area (Å²) in [5, 5.41) is 3.08. The average Bonchev–Trinajstić information content (AvgIpc) is 2.99. The van der Waals surface area contributed by atoms with E-state index in [0.29, 0.717) is 0 Å². The number of fused-ring (bicyclic) bond motifs is 1. The zero-order valence-corrected chi connectivity index (χ0v) is 13.7. The number of nitrogens with one attached hydrogen (secondary N) is 1. The molecule has 3 rings (SSSR count). The fraction of sp³-hybridized carbons (Fsp3) is 0.312. The van der Waals surface area contributed by atoms with Crippen LogP contribution >= 0.6 is 27.3 Å². The molecule has 0 radical (unpaired) electrons. The van der Waals surface area contributed by atoms with Gasteiger partial charge in [0, 0.05) is 9.35 Å². The Balaban J connectivity index is 1.74. The molecule has 0 aliphatic heterocycles. The van der Waals surface area contributed by atoms with Gasteiger partial charge in [-0.05, 0) is 49.4 Å². The summed E-state index contributed by atoms with van der Waals surface area (Å²) < 4.78 is 1.03. The molecule has 0 bridgehead atoms. The Morgan fingerprint density at radius 3 is 2.90 bits per heavy atom. The van der Waals surface area contributed by atoms with Gasteiger partial charge in [-0.3, -0.25) is 4.79 Å². The van der Waals surface area contributed by atoms with E-state index in [0.717, 1.165) is 27.8 Å². The highest BCUT2D eigenvalue weighted by molar-refractivity contribution is 9.10. The number of aryl methyl sites for hydroxylation is 2. The van der Waals surface area contributed by atoms with Crippen molar-refractivity contribution in [2.75, 3.05) is 0 Å². The Morgan fingerprint density at radius 1 is 1.35 bits per heavy atom. The summed E-state index contributed by atoms with van der Waals surface area (Å²) in [5.74, 6) is 0.0349. The van der Waals surface area contributed by atoms with Crippen molar-refractivity contribution >= 4 is 33.2 Å². The molecular formula is C16H16BrNOS. The number of carbonyl (C=O) groups excluding carboxylic acids is 1. The monoisotopic (exact) mass is 349 g/mol. The third kappa shape index (κ3) is 2.67. The van der Waals surface area contributed by atoms with Crippen LogP contribution in [0.4, 0.5) is 0 Å². The SMILES string of the molecule is CC(NC(=O)c1cc2c(s1)CCC2)c1ccccc1Br. The molecule has 1 heterocycles. The van der Waals surface area contributed by atoms with Crippen molar-refractivity contribution in [2.45, 2.75) is 32.2 Å². The van der Waals surface area contributed by atoms with Crippen molar-refractivity contribution in [1.29, 1.82) is 0 Å². The van der Waals surface area contributed by atoms with Crippen LogP contribution in [0, 0.1) is 0 Å². The van der Waals surface area contributed by atoms with E-state index in [1.54, 1.807) is 11.3 Å². The molecule has 0 fully saturated rings. The standard InChI is InChI=1S/C16H16BrNOS/c1-10(12-6-2-3-7-13(12)17)18-16(19)15-9-11-5-4-8-14(11)20-15/h2-3,6-7,9-10H,4-5,8H2,1H3,(H,18,19). The Labute approximate surface area is 131 Å². The summed E-state index contributed by atoms with van der Waals surface area (Å²) in [5.41, 5.74) is 2.47. The summed E-state index contributed by atoms with van der Waals surface area (Å²) in [4.78, 5) is 14.6. The summed E-state index contributed by atoms with van der Waals surface area (Å²) >= 11 is 5.18. The summed E-state index contributed by atoms with van der Waals surface area (Å²) in [6.07, 6.45) is 3.49. The van der Waals surface area contributed by atoms with Crippen LogP contribution in [0.1, 0.15) is 45.1 Å². The molecule has 1 aromatic carbocycles. The van der Waals surface area contributed by atoms with Gasteiger partial charge in [-0.1, -0.05) is 34.1 Å². The van der Waals surface area contributed by atoms with Crippen LogP contribution in [-0.4, -0.2) is 5.91 Å². The molecular weight excluding hydrogens is 334 g/mol. The van der Waals surface area contributed by atoms with Crippen molar-refractivity contribution < 1.29 is 4.79 Å². The minimum atomic E-state index is -0.00462. The second kappa shape index (κ2) is 5.70. The highest BCUT2D eigenvalue weighted by atomic mass is 79.9. The van der Waals surface area contributed by atoms with Gasteiger partial charge in [-0.15, -0.1) is 11.3 Å². The molecule has 1 aliphatic rings. The molecule has 0 saturated carbocycles. The van der Waals surface area contributed by atoms with Crippen LogP contribution in [0.15, 0.2) is 34.8 Å². The fourth-order valence-electron chi connectivity index (χ4n) is 2.61. The Hall–Kier alpha value is -1.13. The van der Waals surface area contributed by atoms with Crippen molar-refractivity contribution in [2.24, 2.45) is 0 Å². The number of hydrogen-bond acceptors (Lipinski definition) is 2. The van der Waals surface area contributed by atoms with Gasteiger partial charge in [0.25, 0.3) is 5.91 Å². The van der Waals surface area contributed by atoms with E-state index >= 15 is 0 Å². The predicted molar refractivity (Wildman–Crippen MR) is 86.4 cm³/mol. The van der Waals surface area contributed by atoms with Crippen molar-refractivity contribution in [3.63, 3.8) is 0 Å². The van der Waals surface area contributed by atoms with Gasteiger partial charge in [0.1, 0.15) is 0 Å². The van der Waals surface area contributed by atoms with Crippen molar-refractivity contribution in [3.05, 3.63) is 55.7 Å². The highest BCUT2D eigenvalue weighted by Gasteiger charge is 2.20. The zero-order chi connectivity index (χ0) is 14.1. The summed E-state index contributed by atoms with van der Waals surface area (Å²) in [7, 11) is 0. The normalized spacial score (nSPS) is 14.9. The molecule has 1 unspecified atom stereocenters. The lowest BCUT2D eigenvalue weighted by molar-refractivity contribution is 0.0944. The third-order valence-corrected chi connectivity index (χ3v) is 5.65. The van der Waals surface area contributed by atoms with E-state index in [-0.39, 0.29) is 11.9 Å². The second-order valence-electron chi connectivity index (χ2n) is 5.13. The van der Waals surface area contributed by atoms with Gasteiger partial charge >= 0.3 is 0 Å². The lowest BCUT2D eigenvalue weighted by atomic mass is 10.1. The first-order valence-electron chi connectivity index (χ1n) is 6.82. The molecule has 2 aromatic rings. The molecule has 104 valence electrons. The topological polar surface area (TPSA) is 29.1 Å². The Kier molecular flexibility index (Phi) is 3.94. The van der Waals surface area contributed by atoms with Crippen LogP contribution < -0.4 is 5.32 Å². The van der Waals surface area contributed by atoms with E-state index in [1.165, 1.54) is 16.9 Å². The smallest absolute Gasteiger partial charge is 0.261 e. The Morgan fingerprint density at radius 2 is 2.15 bits per heavy atom. The minimum absolute atomic E-state index is 0.00462. The largest absolute Gasteiger partial charge is 0.345 e. The summed E-state index contributed by atoms with van der Waals surface area (Å²) in [6.45, 7) is 2.01. The quantitative estimate of drug-likeness (QED) is 0.868. The lowest BCUT2D eigenvalue weighted by Crippen LogP contribution is -2.26. The molecule has 1 aliphatic carbocycles. The van der Waals surface area contributed by atoms with Gasteiger partial charge in [-0.25, -0.2) is 0 Å². The zero-order valence-electron chi connectivity index (χ0n) is 11.3. The molecule has 0 spiro atoms. The molecule has 1 atom stereocenters. The second-order valence-corrected chi connectivity index (χ2v) is 7.12. The van der Waals surface area contributed by atoms with E-state index in [9.17, 15) is 4.79 Å². The van der Waals surface area contributed by atoms with Gasteiger partial charge in [0.15, 0.2) is 0 Å². The number of thiophene rings is 1. The molecule has 20 heavy (non-hydrogen) atoms. The predicted octanol–water partition coefficient (Wildman–Crippen LogP) is 4.49. The number of hydrogen-bond donors (Lipinski definition) is 1. The molecule has 1 N–H and O–H groups in total. The van der Waals surface area contributed by atoms with E-state index in [1.807, 2.05) is 31.2 Å². The summed E-state index contributed by atoms with van der Waals surface area (Å²) in [6, 6.07) is 10.1. The first kappa shape index (κ1) is 13.8. The van der Waals surface area contributed by atoms with E-state index in [2.05, 4.69) is 27.3 Å². The van der Waals surface area contributed by atoms with Crippen LogP contribution in [0.5, 0.6) is 0 Å². The number of halogens is 1. The number of rotatable bonds is 3. The lowest BCUT2D eigenvalue weighted by Gasteiger charge is -2.15. The average molecular weight is 350 g/mol. The van der Waals surface area contributed by atoms with Crippen LogP contribution in [0.3, 0.4) is 0 Å². The Bertz CT molecular complexity index is 628. The van der Waals surface area contributed by atoms with Gasteiger partial charge < -0.3 is 5.32 Å². The minimum Gasteiger partial charge on any atom is -0.345 e. The fourth-order valence-corrected chi connectivity index (χ4v) is 4.40. The molecule has 0 saturated heterocycles. The van der Waals surface area contributed by atoms with Crippen LogP contribution in [0.2, 0.25) is 0 Å². The third-order valence-electron chi connectivity index (χ3n) is 3.69. The molecule has 4 heteroatoms. The van der Waals surface area contributed by atoms with Crippen molar-refractivity contribution in [3.8, 4) is 0 Å². The maximum absolute atomic E-state index is 12.3. The highest BCUT2D eigenvalue weighted by Crippen LogP contribution is 2.31. The molecule has 2 nitrogen and oxygen atoms in total. The first-order chi connectivity index (χ1) is 9.65. The van der Waals surface area contributed by atoms with Crippen molar-refractivity contribution in [1.82, 2.24) is 5.32 Å². The maximum atomic E-state index is 12.3. The first-order valence-corrected chi connectivity index (χ1v) is 8.43. The van der Waals surface area contributed by atoms with Gasteiger partial charge in [0.2, 0.25) is 0 Å². The molecule has 1 aromatic heterocycles.